The van der Waals surface area contributed by atoms with E-state index in [1.807, 2.05) is 0 Å². The van der Waals surface area contributed by atoms with Crippen LogP contribution in [0.4, 0.5) is 0 Å². The van der Waals surface area contributed by atoms with E-state index < -0.39 is 5.97 Å². The number of fused-ring (bicyclic) bond motifs is 1. The Bertz CT molecular complexity index is 323. The van der Waals surface area contributed by atoms with Crippen LogP contribution in [-0.4, -0.2) is 35.1 Å². The minimum Gasteiger partial charge on any atom is -0.476 e. The molecule has 0 aromatic heterocycles. The largest absolute Gasteiger partial charge is 0.476 e. The van der Waals surface area contributed by atoms with Crippen molar-refractivity contribution in [3.8, 4) is 0 Å². The summed E-state index contributed by atoms with van der Waals surface area (Å²) in [4.78, 5) is 14.8. The van der Waals surface area contributed by atoms with Gasteiger partial charge >= 0.3 is 5.97 Å². The average molecular weight is 196 g/mol. The molecule has 6 nitrogen and oxygen atoms in total. The van der Waals surface area contributed by atoms with Gasteiger partial charge in [-0.1, -0.05) is 0 Å². The monoisotopic (exact) mass is 196 g/mol. The molecular weight excluding hydrogens is 184 g/mol. The maximum atomic E-state index is 10.8. The van der Waals surface area contributed by atoms with Crippen LogP contribution < -0.4 is 10.7 Å². The van der Waals surface area contributed by atoms with Gasteiger partial charge in [0.2, 0.25) is 0 Å². The number of aliphatic carboxylic acids is 1. The normalized spacial score (nSPS) is 27.8. The van der Waals surface area contributed by atoms with Crippen LogP contribution in [0.15, 0.2) is 16.9 Å². The Labute approximate surface area is 81.3 Å². The van der Waals surface area contributed by atoms with Crippen molar-refractivity contribution in [2.75, 3.05) is 7.05 Å². The summed E-state index contributed by atoms with van der Waals surface area (Å²) in [7, 11) is 1.69. The van der Waals surface area contributed by atoms with E-state index in [-0.39, 0.29) is 11.9 Å². The van der Waals surface area contributed by atoms with E-state index in [4.69, 9.17) is 5.11 Å². The fraction of sp³-hybridized carbons (Fsp3) is 0.500. The number of nitrogens with one attached hydrogen (secondary N) is 2. The van der Waals surface area contributed by atoms with Crippen molar-refractivity contribution in [2.45, 2.75) is 19.0 Å². The highest BCUT2D eigenvalue weighted by molar-refractivity contribution is 5.88. The number of nitrogens with zero attached hydrogens (tertiary/aromatic N) is 2. The van der Waals surface area contributed by atoms with Crippen molar-refractivity contribution in [3.05, 3.63) is 11.9 Å². The summed E-state index contributed by atoms with van der Waals surface area (Å²) in [5.74, 6) is -0.123. The molecule has 3 N–H and O–H groups in total. The Morgan fingerprint density at radius 3 is 3.21 bits per heavy atom. The zero-order valence-corrected chi connectivity index (χ0v) is 7.82. The summed E-state index contributed by atoms with van der Waals surface area (Å²) in [5.41, 5.74) is 3.20. The van der Waals surface area contributed by atoms with Crippen LogP contribution in [0.1, 0.15) is 12.8 Å². The van der Waals surface area contributed by atoms with E-state index in [1.165, 1.54) is 6.20 Å². The number of carboxylic acid groups (broad SMARTS) is 1. The van der Waals surface area contributed by atoms with Gasteiger partial charge in [-0.3, -0.25) is 15.4 Å². The van der Waals surface area contributed by atoms with Gasteiger partial charge in [-0.15, -0.1) is 0 Å². The Morgan fingerprint density at radius 2 is 2.57 bits per heavy atom. The quantitative estimate of drug-likeness (QED) is 0.525. The summed E-state index contributed by atoms with van der Waals surface area (Å²) in [6, 6.07) is 0. The number of hydrogen-bond donors (Lipinski definition) is 3. The molecule has 0 aromatic carbocycles. The molecule has 0 aliphatic carbocycles. The number of carbonyl (C=O) groups is 1. The molecule has 6 heteroatoms. The molecule has 2 heterocycles. The van der Waals surface area contributed by atoms with Crippen molar-refractivity contribution < 1.29 is 9.90 Å². The van der Waals surface area contributed by atoms with Gasteiger partial charge in [0, 0.05) is 19.7 Å². The smallest absolute Gasteiger partial charge is 0.355 e. The lowest BCUT2D eigenvalue weighted by Gasteiger charge is -2.33. The van der Waals surface area contributed by atoms with Crippen LogP contribution in [0.5, 0.6) is 0 Å². The standard InChI is InChI=1S/C8H12N4O2/c1-9-6-2-3-7-10-4-5(8(13)14)12(7)11-6/h4,7,10H,2-3H2,1H3,(H,9,11)(H,13,14). The molecule has 0 spiro atoms. The second-order valence-corrected chi connectivity index (χ2v) is 3.21. The number of hydrazine groups is 1. The highest BCUT2D eigenvalue weighted by Crippen LogP contribution is 2.19. The van der Waals surface area contributed by atoms with Gasteiger partial charge in [-0.25, -0.2) is 4.79 Å². The Morgan fingerprint density at radius 1 is 1.79 bits per heavy atom. The Kier molecular flexibility index (Phi) is 2.03. The molecular formula is C8H12N4O2. The molecule has 0 radical (unpaired) electrons. The first kappa shape index (κ1) is 8.86. The fourth-order valence-corrected chi connectivity index (χ4v) is 1.63. The minimum atomic E-state index is -0.940. The third-order valence-electron chi connectivity index (χ3n) is 2.38. The highest BCUT2D eigenvalue weighted by atomic mass is 16.4. The topological polar surface area (TPSA) is 77.0 Å². The fourth-order valence-electron chi connectivity index (χ4n) is 1.63. The van der Waals surface area contributed by atoms with Gasteiger partial charge in [-0.2, -0.15) is 0 Å². The van der Waals surface area contributed by atoms with Crippen LogP contribution in [0.2, 0.25) is 0 Å². The second kappa shape index (κ2) is 3.21. The van der Waals surface area contributed by atoms with Gasteiger partial charge in [0.1, 0.15) is 12.0 Å². The second-order valence-electron chi connectivity index (χ2n) is 3.21. The van der Waals surface area contributed by atoms with Gasteiger partial charge in [-0.05, 0) is 6.42 Å². The van der Waals surface area contributed by atoms with Crippen molar-refractivity contribution in [1.29, 1.82) is 0 Å². The summed E-state index contributed by atoms with van der Waals surface area (Å²) >= 11 is 0. The zero-order chi connectivity index (χ0) is 10.1. The molecule has 0 saturated carbocycles. The molecule has 1 fully saturated rings. The van der Waals surface area contributed by atoms with Crippen LogP contribution in [-0.2, 0) is 4.79 Å². The number of aliphatic imine (C=N–C) groups is 1. The Balaban J connectivity index is 2.16. The van der Waals surface area contributed by atoms with E-state index in [1.54, 1.807) is 12.1 Å². The van der Waals surface area contributed by atoms with Gasteiger partial charge < -0.3 is 10.4 Å². The molecule has 1 unspecified atom stereocenters. The molecule has 76 valence electrons. The van der Waals surface area contributed by atoms with Crippen LogP contribution in [0.3, 0.4) is 0 Å². The summed E-state index contributed by atoms with van der Waals surface area (Å²) in [5, 5.41) is 13.5. The summed E-state index contributed by atoms with van der Waals surface area (Å²) in [6.45, 7) is 0. The number of amidine groups is 1. The Hall–Kier alpha value is -1.72. The first-order valence-electron chi connectivity index (χ1n) is 4.43. The summed E-state index contributed by atoms with van der Waals surface area (Å²) < 4.78 is 0. The molecule has 14 heavy (non-hydrogen) atoms. The lowest BCUT2D eigenvalue weighted by atomic mass is 10.2. The first-order valence-corrected chi connectivity index (χ1v) is 4.43. The average Bonchev–Trinajstić information content (AvgIpc) is 2.59. The van der Waals surface area contributed by atoms with E-state index in [9.17, 15) is 4.79 Å². The molecule has 0 aromatic rings. The maximum Gasteiger partial charge on any atom is 0.355 e. The molecule has 2 aliphatic heterocycles. The van der Waals surface area contributed by atoms with Crippen molar-refractivity contribution in [1.82, 2.24) is 15.8 Å². The number of hydrogen-bond acceptors (Lipinski definition) is 4. The van der Waals surface area contributed by atoms with Gasteiger partial charge in [0.25, 0.3) is 0 Å². The molecule has 0 bridgehead atoms. The summed E-state index contributed by atoms with van der Waals surface area (Å²) in [6.07, 6.45) is 3.24. The van der Waals surface area contributed by atoms with Crippen LogP contribution in [0, 0.1) is 0 Å². The van der Waals surface area contributed by atoms with Crippen LogP contribution in [0.25, 0.3) is 0 Å². The zero-order valence-electron chi connectivity index (χ0n) is 7.82. The minimum absolute atomic E-state index is 0.0339. The third-order valence-corrected chi connectivity index (χ3v) is 2.38. The maximum absolute atomic E-state index is 10.8. The molecule has 2 rings (SSSR count). The predicted molar refractivity (Wildman–Crippen MR) is 50.2 cm³/mol. The van der Waals surface area contributed by atoms with E-state index in [0.29, 0.717) is 0 Å². The predicted octanol–water partition coefficient (Wildman–Crippen LogP) is -0.530. The van der Waals surface area contributed by atoms with E-state index in [0.717, 1.165) is 18.7 Å². The van der Waals surface area contributed by atoms with E-state index in [2.05, 4.69) is 15.7 Å². The number of rotatable bonds is 1. The molecule has 1 atom stereocenters. The van der Waals surface area contributed by atoms with Gasteiger partial charge in [0.05, 0.1) is 0 Å². The molecule has 2 aliphatic rings. The van der Waals surface area contributed by atoms with Gasteiger partial charge in [0.15, 0.2) is 5.70 Å². The lowest BCUT2D eigenvalue weighted by molar-refractivity contribution is -0.134. The first-order chi connectivity index (χ1) is 6.72. The van der Waals surface area contributed by atoms with E-state index >= 15 is 0 Å². The van der Waals surface area contributed by atoms with Crippen molar-refractivity contribution >= 4 is 11.8 Å². The number of carboxylic acids is 1. The highest BCUT2D eigenvalue weighted by Gasteiger charge is 2.33. The molecule has 1 saturated heterocycles. The van der Waals surface area contributed by atoms with Crippen molar-refractivity contribution in [2.24, 2.45) is 4.99 Å². The third kappa shape index (κ3) is 1.28. The lowest BCUT2D eigenvalue weighted by Crippen LogP contribution is -2.53. The molecule has 0 amide bonds. The van der Waals surface area contributed by atoms with Crippen molar-refractivity contribution in [3.63, 3.8) is 0 Å². The van der Waals surface area contributed by atoms with Crippen LogP contribution >= 0.6 is 0 Å². The SMILES string of the molecule is CN=C1CCC2NC=C(C(=O)O)N2N1.